The maximum absolute atomic E-state index is 13.2. The van der Waals surface area contributed by atoms with Crippen molar-refractivity contribution >= 4 is 29.5 Å². The maximum atomic E-state index is 13.2. The Labute approximate surface area is 200 Å². The van der Waals surface area contributed by atoms with Crippen molar-refractivity contribution in [3.05, 3.63) is 53.2 Å². The summed E-state index contributed by atoms with van der Waals surface area (Å²) < 4.78 is 0. The summed E-state index contributed by atoms with van der Waals surface area (Å²) in [7, 11) is 0. The molecule has 33 heavy (non-hydrogen) atoms. The first kappa shape index (κ1) is 25.0. The predicted octanol–water partition coefficient (Wildman–Crippen LogP) is 3.01. The van der Waals surface area contributed by atoms with Crippen LogP contribution in [0.5, 0.6) is 0 Å². The van der Waals surface area contributed by atoms with Crippen molar-refractivity contribution in [3.63, 3.8) is 0 Å². The zero-order chi connectivity index (χ0) is 23.6. The van der Waals surface area contributed by atoms with Gasteiger partial charge in [0.1, 0.15) is 0 Å². The van der Waals surface area contributed by atoms with Crippen LogP contribution in [0.3, 0.4) is 0 Å². The number of urea groups is 1. The maximum Gasteiger partial charge on any atom is 0.320 e. The summed E-state index contributed by atoms with van der Waals surface area (Å²) in [4.78, 5) is 27.4. The lowest BCUT2D eigenvalue weighted by molar-refractivity contribution is 0.0676. The molecule has 1 aromatic heterocycles. The van der Waals surface area contributed by atoms with Crippen molar-refractivity contribution in [1.82, 2.24) is 25.7 Å². The number of carbonyl (C=O) groups is 2. The van der Waals surface area contributed by atoms with Crippen molar-refractivity contribution < 1.29 is 9.59 Å². The number of anilines is 1. The number of piperazine rings is 1. The predicted molar refractivity (Wildman–Crippen MR) is 134 cm³/mol. The molecule has 0 aliphatic carbocycles. The van der Waals surface area contributed by atoms with Crippen LogP contribution in [0, 0.1) is 5.92 Å². The fourth-order valence-corrected chi connectivity index (χ4v) is 4.16. The number of aromatic nitrogens is 2. The van der Waals surface area contributed by atoms with Crippen LogP contribution >= 0.6 is 11.8 Å². The Balaban J connectivity index is 1.77. The molecule has 0 unspecified atom stereocenters. The van der Waals surface area contributed by atoms with Crippen LogP contribution < -0.4 is 16.0 Å². The van der Waals surface area contributed by atoms with Gasteiger partial charge in [0.25, 0.3) is 5.91 Å². The molecular weight excluding hydrogens is 436 g/mol. The van der Waals surface area contributed by atoms with Gasteiger partial charge in [-0.2, -0.15) is 11.8 Å². The average molecular weight is 471 g/mol. The van der Waals surface area contributed by atoms with Gasteiger partial charge in [-0.25, -0.2) is 4.79 Å². The van der Waals surface area contributed by atoms with Gasteiger partial charge in [0.2, 0.25) is 0 Å². The Hall–Kier alpha value is -2.65. The summed E-state index contributed by atoms with van der Waals surface area (Å²) in [5.74, 6) is 1.66. The van der Waals surface area contributed by atoms with E-state index in [9.17, 15) is 9.59 Å². The molecule has 0 bridgehead atoms. The topological polar surface area (TPSA) is 99.2 Å². The fraction of sp³-hybridized carbons (Fsp3) is 0.500. The molecule has 1 aliphatic heterocycles. The minimum absolute atomic E-state index is 0.128. The van der Waals surface area contributed by atoms with Gasteiger partial charge in [0, 0.05) is 44.2 Å². The summed E-state index contributed by atoms with van der Waals surface area (Å²) in [5.41, 5.74) is 2.12. The molecular formula is C24H34N6O2S. The van der Waals surface area contributed by atoms with Crippen LogP contribution in [-0.4, -0.2) is 71.3 Å². The zero-order valence-corrected chi connectivity index (χ0v) is 20.5. The molecule has 2 heterocycles. The second kappa shape index (κ2) is 12.6. The minimum Gasteiger partial charge on any atom is -0.338 e. The molecule has 3 rings (SSSR count). The molecule has 1 fully saturated rings. The van der Waals surface area contributed by atoms with E-state index >= 15 is 0 Å². The highest BCUT2D eigenvalue weighted by molar-refractivity contribution is 7.98. The van der Waals surface area contributed by atoms with Crippen LogP contribution in [0.1, 0.15) is 41.9 Å². The molecule has 3 amide bonds. The highest BCUT2D eigenvalue weighted by Crippen LogP contribution is 2.19. The van der Waals surface area contributed by atoms with E-state index in [4.69, 9.17) is 0 Å². The fourth-order valence-electron chi connectivity index (χ4n) is 3.73. The van der Waals surface area contributed by atoms with Gasteiger partial charge >= 0.3 is 6.03 Å². The molecule has 0 spiro atoms. The molecule has 9 heteroatoms. The van der Waals surface area contributed by atoms with Gasteiger partial charge in [-0.3, -0.25) is 10.1 Å². The van der Waals surface area contributed by atoms with Gasteiger partial charge in [-0.15, -0.1) is 10.2 Å². The minimum atomic E-state index is -0.319. The van der Waals surface area contributed by atoms with Crippen LogP contribution in [0.25, 0.3) is 0 Å². The van der Waals surface area contributed by atoms with Gasteiger partial charge in [-0.05, 0) is 36.0 Å². The Morgan fingerprint density at radius 3 is 2.76 bits per heavy atom. The van der Waals surface area contributed by atoms with Crippen molar-refractivity contribution in [2.75, 3.05) is 43.5 Å². The standard InChI is InChI=1S/C24H34N6O2S/c1-17(2)21-16-30(12-11-25-21)23(31)20-15-19(14-18-8-5-4-6-9-18)22(29-28-20)27-24(32)26-10-7-13-33-3/h4-6,8-9,15,17,21,25H,7,10-14,16H2,1-3H3,(H2,26,27,29,32)/t21-/m1/s1. The SMILES string of the molecule is CSCCCNC(=O)Nc1nnc(C(=O)N2CCN[C@@H](C(C)C)C2)cc1Cc1ccccc1. The van der Waals surface area contributed by atoms with Crippen LogP contribution in [-0.2, 0) is 6.42 Å². The average Bonchev–Trinajstić information content (AvgIpc) is 2.83. The lowest BCUT2D eigenvalue weighted by Crippen LogP contribution is -2.54. The number of nitrogens with one attached hydrogen (secondary N) is 3. The number of carbonyl (C=O) groups excluding carboxylic acids is 2. The lowest BCUT2D eigenvalue weighted by Gasteiger charge is -2.35. The molecule has 0 radical (unpaired) electrons. The first-order valence-electron chi connectivity index (χ1n) is 11.4. The quantitative estimate of drug-likeness (QED) is 0.487. The summed E-state index contributed by atoms with van der Waals surface area (Å²) >= 11 is 1.74. The first-order chi connectivity index (χ1) is 16.0. The zero-order valence-electron chi connectivity index (χ0n) is 19.6. The molecule has 3 N–H and O–H groups in total. The van der Waals surface area contributed by atoms with Gasteiger partial charge in [-0.1, -0.05) is 44.2 Å². The van der Waals surface area contributed by atoms with E-state index in [1.54, 1.807) is 17.8 Å². The monoisotopic (exact) mass is 470 g/mol. The van der Waals surface area contributed by atoms with Crippen LogP contribution in [0.2, 0.25) is 0 Å². The summed E-state index contributed by atoms with van der Waals surface area (Å²) in [5, 5.41) is 17.5. The number of hydrogen-bond acceptors (Lipinski definition) is 6. The molecule has 1 saturated heterocycles. The van der Waals surface area contributed by atoms with E-state index in [-0.39, 0.29) is 18.0 Å². The Bertz CT molecular complexity index is 924. The second-order valence-electron chi connectivity index (χ2n) is 8.55. The number of benzene rings is 1. The van der Waals surface area contributed by atoms with E-state index < -0.39 is 0 Å². The molecule has 1 aliphatic rings. The number of nitrogens with zero attached hydrogens (tertiary/aromatic N) is 3. The third-order valence-electron chi connectivity index (χ3n) is 5.67. The summed E-state index contributed by atoms with van der Waals surface area (Å²) in [6.45, 7) is 6.92. The van der Waals surface area contributed by atoms with Gasteiger partial charge in [0.15, 0.2) is 11.5 Å². The molecule has 2 aromatic rings. The lowest BCUT2D eigenvalue weighted by atomic mass is 10.0. The Morgan fingerprint density at radius 2 is 2.03 bits per heavy atom. The first-order valence-corrected chi connectivity index (χ1v) is 12.8. The number of thioether (sulfide) groups is 1. The van der Waals surface area contributed by atoms with E-state index in [2.05, 4.69) is 40.0 Å². The van der Waals surface area contributed by atoms with Gasteiger partial charge in [0.05, 0.1) is 0 Å². The van der Waals surface area contributed by atoms with E-state index in [0.29, 0.717) is 43.5 Å². The van der Waals surface area contributed by atoms with Gasteiger partial charge < -0.3 is 15.5 Å². The summed E-state index contributed by atoms with van der Waals surface area (Å²) in [6, 6.07) is 11.6. The third kappa shape index (κ3) is 7.43. The highest BCUT2D eigenvalue weighted by Gasteiger charge is 2.27. The molecule has 8 nitrogen and oxygen atoms in total. The molecule has 1 aromatic carbocycles. The van der Waals surface area contributed by atoms with Crippen molar-refractivity contribution in [2.24, 2.45) is 5.92 Å². The Morgan fingerprint density at radius 1 is 1.24 bits per heavy atom. The molecule has 0 saturated carbocycles. The van der Waals surface area contributed by atoms with E-state index in [1.165, 1.54) is 0 Å². The van der Waals surface area contributed by atoms with Crippen molar-refractivity contribution in [3.8, 4) is 0 Å². The third-order valence-corrected chi connectivity index (χ3v) is 6.37. The molecule has 178 valence electrons. The van der Waals surface area contributed by atoms with E-state index in [1.807, 2.05) is 41.5 Å². The number of amides is 3. The molecule has 1 atom stereocenters. The highest BCUT2D eigenvalue weighted by atomic mass is 32.2. The van der Waals surface area contributed by atoms with Crippen molar-refractivity contribution in [2.45, 2.75) is 32.7 Å². The summed E-state index contributed by atoms with van der Waals surface area (Å²) in [6.07, 6.45) is 3.47. The van der Waals surface area contributed by atoms with Crippen LogP contribution in [0.4, 0.5) is 10.6 Å². The largest absolute Gasteiger partial charge is 0.338 e. The Kier molecular flexibility index (Phi) is 9.50. The smallest absolute Gasteiger partial charge is 0.320 e. The number of rotatable bonds is 9. The number of hydrogen-bond donors (Lipinski definition) is 3. The normalized spacial score (nSPS) is 16.0. The van der Waals surface area contributed by atoms with Crippen LogP contribution in [0.15, 0.2) is 36.4 Å². The van der Waals surface area contributed by atoms with Crippen molar-refractivity contribution in [1.29, 1.82) is 0 Å². The second-order valence-corrected chi connectivity index (χ2v) is 9.53. The van der Waals surface area contributed by atoms with E-state index in [0.717, 1.165) is 29.8 Å².